The van der Waals surface area contributed by atoms with Crippen LogP contribution in [0.2, 0.25) is 0 Å². The Kier molecular flexibility index (Phi) is 4.06. The van der Waals surface area contributed by atoms with Crippen LogP contribution in [0.15, 0.2) is 131 Å². The minimum Gasteiger partial charge on any atom is -0.456 e. The molecule has 0 radical (unpaired) electrons. The number of hydrogen-bond donors (Lipinski definition) is 0. The largest absolute Gasteiger partial charge is 0.456 e. The smallest absolute Gasteiger partial charge is 0.265 e. The van der Waals surface area contributed by atoms with Gasteiger partial charge in [0.1, 0.15) is 11.2 Å². The monoisotopic (exact) mass is 476 g/mol. The molecule has 0 saturated heterocycles. The molecule has 4 nitrogen and oxygen atoms in total. The Labute approximate surface area is 211 Å². The van der Waals surface area contributed by atoms with E-state index in [0.717, 1.165) is 60.6 Å². The first-order valence-electron chi connectivity index (χ1n) is 12.3. The molecule has 5 aromatic carbocycles. The highest BCUT2D eigenvalue weighted by Gasteiger charge is 2.24. The van der Waals surface area contributed by atoms with Gasteiger partial charge in [0.25, 0.3) is 5.56 Å². The predicted octanol–water partition coefficient (Wildman–Crippen LogP) is 7.99. The fourth-order valence-electron chi connectivity index (χ4n) is 5.83. The molecule has 4 heteroatoms. The maximum atomic E-state index is 14.6. The minimum atomic E-state index is -0.0441. The van der Waals surface area contributed by atoms with Gasteiger partial charge in [-0.1, -0.05) is 72.8 Å². The summed E-state index contributed by atoms with van der Waals surface area (Å²) in [4.78, 5) is 14.6. The van der Waals surface area contributed by atoms with Gasteiger partial charge in [0.2, 0.25) is 0 Å². The molecule has 3 heterocycles. The Balaban J connectivity index is 1.73. The molecule has 8 aromatic rings. The number of fused-ring (bicyclic) bond motifs is 9. The standard InChI is InChI=1S/C33H20N2O2/c36-33-31-30-26(19-20-28-29(30)24-16-8-10-18-27(24)37-28)34(21-11-3-1-4-12-21)32(31)23-15-7-9-17-25(23)35(33)22-13-5-2-6-14-22/h1-20H. The van der Waals surface area contributed by atoms with Crippen molar-refractivity contribution in [2.45, 2.75) is 0 Å². The van der Waals surface area contributed by atoms with Crippen molar-refractivity contribution in [3.63, 3.8) is 0 Å². The Hall–Kier alpha value is -5.09. The van der Waals surface area contributed by atoms with Crippen LogP contribution >= 0.6 is 0 Å². The van der Waals surface area contributed by atoms with Crippen molar-refractivity contribution in [1.82, 2.24) is 9.13 Å². The Bertz CT molecular complexity index is 2200. The van der Waals surface area contributed by atoms with Crippen LogP contribution in [-0.2, 0) is 0 Å². The van der Waals surface area contributed by atoms with Gasteiger partial charge in [-0.05, 0) is 48.5 Å². The molecule has 3 aromatic heterocycles. The second-order valence-electron chi connectivity index (χ2n) is 9.32. The number of furan rings is 1. The lowest BCUT2D eigenvalue weighted by Crippen LogP contribution is -2.19. The van der Waals surface area contributed by atoms with Crippen LogP contribution in [0.4, 0.5) is 0 Å². The molecule has 0 unspecified atom stereocenters. The van der Waals surface area contributed by atoms with Crippen molar-refractivity contribution in [3.05, 3.63) is 132 Å². The van der Waals surface area contributed by atoms with E-state index in [1.165, 1.54) is 0 Å². The molecule has 0 N–H and O–H groups in total. The van der Waals surface area contributed by atoms with E-state index in [0.29, 0.717) is 5.39 Å². The highest BCUT2D eigenvalue weighted by molar-refractivity contribution is 6.29. The SMILES string of the molecule is O=c1c2c3c4c(ccc3n(-c3ccccc3)c2c2ccccc2n1-c1ccccc1)oc1ccccc14. The molecular weight excluding hydrogens is 456 g/mol. The molecule has 0 spiro atoms. The van der Waals surface area contributed by atoms with Crippen molar-refractivity contribution in [2.24, 2.45) is 0 Å². The predicted molar refractivity (Wildman–Crippen MR) is 151 cm³/mol. The third kappa shape index (κ3) is 2.69. The number of benzene rings is 5. The van der Waals surface area contributed by atoms with Gasteiger partial charge in [-0.2, -0.15) is 0 Å². The summed E-state index contributed by atoms with van der Waals surface area (Å²) in [7, 11) is 0. The Morgan fingerprint density at radius 2 is 1.08 bits per heavy atom. The molecule has 0 fully saturated rings. The third-order valence-corrected chi connectivity index (χ3v) is 7.32. The minimum absolute atomic E-state index is 0.0441. The lowest BCUT2D eigenvalue weighted by molar-refractivity contribution is 0.669. The van der Waals surface area contributed by atoms with Crippen LogP contribution in [0.3, 0.4) is 0 Å². The number of para-hydroxylation sites is 4. The van der Waals surface area contributed by atoms with E-state index in [1.54, 1.807) is 0 Å². The second-order valence-corrected chi connectivity index (χ2v) is 9.32. The highest BCUT2D eigenvalue weighted by Crippen LogP contribution is 2.42. The van der Waals surface area contributed by atoms with Crippen LogP contribution in [-0.4, -0.2) is 9.13 Å². The van der Waals surface area contributed by atoms with Gasteiger partial charge in [0.05, 0.1) is 21.9 Å². The summed E-state index contributed by atoms with van der Waals surface area (Å²) >= 11 is 0. The molecular formula is C33H20N2O2. The summed E-state index contributed by atoms with van der Waals surface area (Å²) < 4.78 is 10.3. The van der Waals surface area contributed by atoms with E-state index in [9.17, 15) is 4.79 Å². The molecule has 174 valence electrons. The Morgan fingerprint density at radius 1 is 0.459 bits per heavy atom. The van der Waals surface area contributed by atoms with E-state index >= 15 is 0 Å². The van der Waals surface area contributed by atoms with Crippen molar-refractivity contribution < 1.29 is 4.42 Å². The first-order valence-corrected chi connectivity index (χ1v) is 12.3. The molecule has 0 aliphatic rings. The molecule has 0 atom stereocenters. The van der Waals surface area contributed by atoms with Crippen molar-refractivity contribution in [1.29, 1.82) is 0 Å². The van der Waals surface area contributed by atoms with E-state index in [1.807, 2.05) is 95.6 Å². The van der Waals surface area contributed by atoms with E-state index < -0.39 is 0 Å². The first-order chi connectivity index (χ1) is 18.3. The van der Waals surface area contributed by atoms with Gasteiger partial charge >= 0.3 is 0 Å². The quantitative estimate of drug-likeness (QED) is 0.254. The Morgan fingerprint density at radius 3 is 1.84 bits per heavy atom. The van der Waals surface area contributed by atoms with Gasteiger partial charge in [-0.3, -0.25) is 9.36 Å². The zero-order valence-electron chi connectivity index (χ0n) is 19.8. The first kappa shape index (κ1) is 20.1. The van der Waals surface area contributed by atoms with Gasteiger partial charge < -0.3 is 8.98 Å². The summed E-state index contributed by atoms with van der Waals surface area (Å²) in [6.45, 7) is 0. The second kappa shape index (κ2) is 7.45. The summed E-state index contributed by atoms with van der Waals surface area (Å²) in [6, 6.07) is 40.5. The maximum Gasteiger partial charge on any atom is 0.265 e. The van der Waals surface area contributed by atoms with Crippen LogP contribution in [0.1, 0.15) is 0 Å². The zero-order chi connectivity index (χ0) is 24.5. The fourth-order valence-corrected chi connectivity index (χ4v) is 5.83. The average molecular weight is 477 g/mol. The van der Waals surface area contributed by atoms with E-state index in [2.05, 4.69) is 34.9 Å². The van der Waals surface area contributed by atoms with Crippen LogP contribution in [0.5, 0.6) is 0 Å². The molecule has 0 saturated carbocycles. The number of nitrogens with zero attached hydrogens (tertiary/aromatic N) is 2. The molecule has 0 aliphatic carbocycles. The van der Waals surface area contributed by atoms with Gasteiger partial charge in [-0.15, -0.1) is 0 Å². The van der Waals surface area contributed by atoms with Crippen molar-refractivity contribution in [2.75, 3.05) is 0 Å². The van der Waals surface area contributed by atoms with Gasteiger partial charge in [0, 0.05) is 32.9 Å². The fraction of sp³-hybridized carbons (Fsp3) is 0. The van der Waals surface area contributed by atoms with Crippen LogP contribution < -0.4 is 5.56 Å². The summed E-state index contributed by atoms with van der Waals surface area (Å²) in [5.74, 6) is 0. The highest BCUT2D eigenvalue weighted by atomic mass is 16.3. The number of rotatable bonds is 2. The maximum absolute atomic E-state index is 14.6. The zero-order valence-corrected chi connectivity index (χ0v) is 19.8. The number of pyridine rings is 1. The topological polar surface area (TPSA) is 40.1 Å². The molecule has 0 aliphatic heterocycles. The summed E-state index contributed by atoms with van der Waals surface area (Å²) in [5.41, 5.74) is 6.17. The molecule has 0 amide bonds. The molecule has 8 rings (SSSR count). The lowest BCUT2D eigenvalue weighted by atomic mass is 10.0. The van der Waals surface area contributed by atoms with Gasteiger partial charge in [0.15, 0.2) is 0 Å². The summed E-state index contributed by atoms with van der Waals surface area (Å²) in [6.07, 6.45) is 0. The number of hydrogen-bond acceptors (Lipinski definition) is 2. The van der Waals surface area contributed by atoms with Gasteiger partial charge in [-0.25, -0.2) is 0 Å². The van der Waals surface area contributed by atoms with Crippen LogP contribution in [0, 0.1) is 0 Å². The lowest BCUT2D eigenvalue weighted by Gasteiger charge is -2.14. The third-order valence-electron chi connectivity index (χ3n) is 7.32. The average Bonchev–Trinajstić information content (AvgIpc) is 3.50. The molecule has 0 bridgehead atoms. The van der Waals surface area contributed by atoms with E-state index in [-0.39, 0.29) is 5.56 Å². The van der Waals surface area contributed by atoms with E-state index in [4.69, 9.17) is 4.42 Å². The normalized spacial score (nSPS) is 11.9. The molecule has 37 heavy (non-hydrogen) atoms. The number of aromatic nitrogens is 2. The van der Waals surface area contributed by atoms with Crippen LogP contribution in [0.25, 0.3) is 66.0 Å². The summed E-state index contributed by atoms with van der Waals surface area (Å²) in [5, 5.41) is 4.61. The van der Waals surface area contributed by atoms with Crippen molar-refractivity contribution >= 4 is 54.6 Å². The van der Waals surface area contributed by atoms with Crippen molar-refractivity contribution in [3.8, 4) is 11.4 Å².